The Morgan fingerprint density at radius 3 is 1.63 bits per heavy atom. The Bertz CT molecular complexity index is 989. The Balaban J connectivity index is 1.84. The molecule has 2 heteroatoms. The topological polar surface area (TPSA) is 29.5 Å². The summed E-state index contributed by atoms with van der Waals surface area (Å²) in [5.41, 5.74) is 7.85. The highest BCUT2D eigenvalue weighted by Crippen LogP contribution is 2.39. The quantitative estimate of drug-likeness (QED) is 0.269. The van der Waals surface area contributed by atoms with E-state index < -0.39 is 0 Å². The van der Waals surface area contributed by atoms with Gasteiger partial charge in [0.15, 0.2) is 0 Å². The van der Waals surface area contributed by atoms with Gasteiger partial charge in [0.25, 0.3) is 0 Å². The molecule has 4 unspecified atom stereocenters. The van der Waals surface area contributed by atoms with E-state index in [1.54, 1.807) is 7.11 Å². The Morgan fingerprint density at radius 1 is 0.600 bits per heavy atom. The predicted molar refractivity (Wildman–Crippen MR) is 148 cm³/mol. The van der Waals surface area contributed by atoms with Gasteiger partial charge in [-0.1, -0.05) is 100 Å². The molecule has 0 spiro atoms. The van der Waals surface area contributed by atoms with E-state index in [1.165, 1.54) is 34.2 Å². The fourth-order valence-electron chi connectivity index (χ4n) is 5.15. The molecule has 3 aromatic rings. The molecule has 35 heavy (non-hydrogen) atoms. The molecule has 0 aromatic heterocycles. The van der Waals surface area contributed by atoms with Crippen molar-refractivity contribution < 1.29 is 9.84 Å². The lowest BCUT2D eigenvalue weighted by Crippen LogP contribution is -2.10. The van der Waals surface area contributed by atoms with Gasteiger partial charge in [0.1, 0.15) is 0 Å². The molecule has 0 aliphatic rings. The second-order valence-electron chi connectivity index (χ2n) is 10.2. The molecule has 2 nitrogen and oxygen atoms in total. The van der Waals surface area contributed by atoms with Crippen molar-refractivity contribution in [3.05, 3.63) is 106 Å². The van der Waals surface area contributed by atoms with Crippen molar-refractivity contribution in [2.24, 2.45) is 0 Å². The van der Waals surface area contributed by atoms with Gasteiger partial charge >= 0.3 is 0 Å². The van der Waals surface area contributed by atoms with Gasteiger partial charge in [0, 0.05) is 7.11 Å². The Hall–Kier alpha value is -2.42. The lowest BCUT2D eigenvalue weighted by molar-refractivity contribution is 0.185. The number of aliphatic hydroxyl groups excluding tert-OH is 1. The molecule has 0 aliphatic carbocycles. The van der Waals surface area contributed by atoms with Crippen LogP contribution < -0.4 is 0 Å². The van der Waals surface area contributed by atoms with Crippen LogP contribution in [0.25, 0.3) is 0 Å². The third-order valence-corrected chi connectivity index (χ3v) is 7.78. The summed E-state index contributed by atoms with van der Waals surface area (Å²) in [5, 5.41) is 9.41. The first-order valence-electron chi connectivity index (χ1n) is 13.4. The predicted octanol–water partition coefficient (Wildman–Crippen LogP) is 8.70. The highest BCUT2D eigenvalue weighted by Gasteiger charge is 2.22. The van der Waals surface area contributed by atoms with Gasteiger partial charge in [-0.2, -0.15) is 0 Å². The van der Waals surface area contributed by atoms with Crippen LogP contribution in [0.15, 0.2) is 72.8 Å². The van der Waals surface area contributed by atoms with Crippen molar-refractivity contribution >= 4 is 0 Å². The zero-order valence-corrected chi connectivity index (χ0v) is 22.3. The molecule has 0 saturated carbocycles. The van der Waals surface area contributed by atoms with E-state index in [9.17, 15) is 5.11 Å². The average molecular weight is 473 g/mol. The Morgan fingerprint density at radius 2 is 1.09 bits per heavy atom. The zero-order chi connectivity index (χ0) is 25.2. The molecule has 3 rings (SSSR count). The second-order valence-corrected chi connectivity index (χ2v) is 10.2. The summed E-state index contributed by atoms with van der Waals surface area (Å²) in [7, 11) is 1.75. The molecule has 4 atom stereocenters. The van der Waals surface area contributed by atoms with Gasteiger partial charge in [-0.3, -0.25) is 0 Å². The third-order valence-electron chi connectivity index (χ3n) is 7.78. The van der Waals surface area contributed by atoms with E-state index in [0.717, 1.165) is 24.8 Å². The number of aliphatic hydroxyl groups is 1. The van der Waals surface area contributed by atoms with E-state index in [4.69, 9.17) is 4.74 Å². The molecule has 188 valence electrons. The minimum absolute atomic E-state index is 0.0963. The molecule has 0 aliphatic heterocycles. The van der Waals surface area contributed by atoms with Gasteiger partial charge in [-0.25, -0.2) is 0 Å². The molecule has 0 bridgehead atoms. The van der Waals surface area contributed by atoms with Crippen LogP contribution in [0.5, 0.6) is 0 Å². The summed E-state index contributed by atoms with van der Waals surface area (Å²) < 4.78 is 5.33. The molecule has 3 aromatic carbocycles. The molecule has 0 radical (unpaired) electrons. The maximum absolute atomic E-state index is 9.41. The lowest BCUT2D eigenvalue weighted by atomic mass is 9.78. The molecule has 0 amide bonds. The lowest BCUT2D eigenvalue weighted by Gasteiger charge is -2.27. The van der Waals surface area contributed by atoms with Crippen molar-refractivity contribution in [2.45, 2.75) is 90.3 Å². The van der Waals surface area contributed by atoms with E-state index in [-0.39, 0.29) is 6.61 Å². The summed E-state index contributed by atoms with van der Waals surface area (Å²) in [5.74, 6) is 2.06. The van der Waals surface area contributed by atoms with Crippen LogP contribution in [-0.4, -0.2) is 12.2 Å². The van der Waals surface area contributed by atoms with Gasteiger partial charge < -0.3 is 9.84 Å². The van der Waals surface area contributed by atoms with Crippen LogP contribution in [0.2, 0.25) is 0 Å². The maximum Gasteiger partial charge on any atom is 0.0713 e. The van der Waals surface area contributed by atoms with Crippen LogP contribution in [0.3, 0.4) is 0 Å². The SMILES string of the molecule is CCC(C)c1ccc(C(CC)CC(CC(C)c2ccc(CO)cc2)c2ccc(COC)cc2)cc1. The van der Waals surface area contributed by atoms with Crippen molar-refractivity contribution in [2.75, 3.05) is 7.11 Å². The van der Waals surface area contributed by atoms with Crippen LogP contribution in [0, 0.1) is 0 Å². The van der Waals surface area contributed by atoms with E-state index in [2.05, 4.69) is 88.4 Å². The average Bonchev–Trinajstić information content (AvgIpc) is 2.91. The number of hydrogen-bond donors (Lipinski definition) is 1. The first kappa shape index (κ1) is 27.2. The van der Waals surface area contributed by atoms with Gasteiger partial charge in [0.05, 0.1) is 13.2 Å². The largest absolute Gasteiger partial charge is 0.392 e. The number of methoxy groups -OCH3 is 1. The summed E-state index contributed by atoms with van der Waals surface area (Å²) in [6.07, 6.45) is 4.56. The highest BCUT2D eigenvalue weighted by atomic mass is 16.5. The Labute approximate surface area is 213 Å². The molecular formula is C33H44O2. The minimum Gasteiger partial charge on any atom is -0.392 e. The highest BCUT2D eigenvalue weighted by molar-refractivity contribution is 5.31. The number of ether oxygens (including phenoxy) is 1. The Kier molecular flexibility index (Phi) is 10.6. The molecular weight excluding hydrogens is 428 g/mol. The molecule has 0 fully saturated rings. The smallest absolute Gasteiger partial charge is 0.0713 e. The van der Waals surface area contributed by atoms with Crippen LogP contribution >= 0.6 is 0 Å². The van der Waals surface area contributed by atoms with Gasteiger partial charge in [0.2, 0.25) is 0 Å². The number of rotatable bonds is 13. The van der Waals surface area contributed by atoms with Crippen LogP contribution in [0.4, 0.5) is 0 Å². The van der Waals surface area contributed by atoms with Crippen molar-refractivity contribution in [3.63, 3.8) is 0 Å². The molecule has 0 heterocycles. The minimum atomic E-state index is 0.0963. The second kappa shape index (κ2) is 13.6. The normalized spacial score (nSPS) is 14.9. The number of benzene rings is 3. The maximum atomic E-state index is 9.41. The van der Waals surface area contributed by atoms with Crippen molar-refractivity contribution in [1.82, 2.24) is 0 Å². The first-order valence-corrected chi connectivity index (χ1v) is 13.4. The monoisotopic (exact) mass is 472 g/mol. The van der Waals surface area contributed by atoms with Gasteiger partial charge in [-0.05, 0) is 82.7 Å². The molecule has 0 saturated heterocycles. The number of hydrogen-bond acceptors (Lipinski definition) is 2. The van der Waals surface area contributed by atoms with Crippen LogP contribution in [0.1, 0.15) is 110 Å². The standard InChI is InChI=1S/C33H44O2/c1-6-24(3)29-16-18-31(19-17-29)28(7-2)21-33(32-14-10-27(11-15-32)23-35-5)20-25(4)30-12-8-26(22-34)9-13-30/h8-19,24-25,28,33-34H,6-7,20-23H2,1-5H3. The summed E-state index contributed by atoms with van der Waals surface area (Å²) in [6.45, 7) is 9.97. The van der Waals surface area contributed by atoms with Crippen LogP contribution in [-0.2, 0) is 18.0 Å². The molecule has 1 N–H and O–H groups in total. The van der Waals surface area contributed by atoms with E-state index in [1.807, 2.05) is 12.1 Å². The zero-order valence-electron chi connectivity index (χ0n) is 22.3. The fraction of sp³-hybridized carbons (Fsp3) is 0.455. The first-order chi connectivity index (χ1) is 17.0. The van der Waals surface area contributed by atoms with Crippen molar-refractivity contribution in [1.29, 1.82) is 0 Å². The third kappa shape index (κ3) is 7.53. The van der Waals surface area contributed by atoms with E-state index >= 15 is 0 Å². The van der Waals surface area contributed by atoms with Crippen molar-refractivity contribution in [3.8, 4) is 0 Å². The van der Waals surface area contributed by atoms with E-state index in [0.29, 0.717) is 30.3 Å². The summed E-state index contributed by atoms with van der Waals surface area (Å²) in [4.78, 5) is 0. The van der Waals surface area contributed by atoms with Gasteiger partial charge in [-0.15, -0.1) is 0 Å². The summed E-state index contributed by atoms with van der Waals surface area (Å²) in [6, 6.07) is 26.9. The fourth-order valence-corrected chi connectivity index (χ4v) is 5.15. The summed E-state index contributed by atoms with van der Waals surface area (Å²) >= 11 is 0.